The molecule has 0 aromatic heterocycles. The molecule has 0 heterocycles. The second-order valence-corrected chi connectivity index (χ2v) is 4.89. The predicted octanol–water partition coefficient (Wildman–Crippen LogP) is 3.81. The van der Waals surface area contributed by atoms with Crippen LogP contribution in [0.3, 0.4) is 0 Å². The molecule has 2 aromatic carbocycles. The minimum Gasteiger partial charge on any atom is -0.313 e. The van der Waals surface area contributed by atoms with Crippen LogP contribution in [-0.4, -0.2) is 7.05 Å². The van der Waals surface area contributed by atoms with Gasteiger partial charge in [-0.1, -0.05) is 54.1 Å². The maximum Gasteiger partial charge on any atom is 0.0361 e. The summed E-state index contributed by atoms with van der Waals surface area (Å²) in [6.45, 7) is 4.34. The fourth-order valence-electron chi connectivity index (χ4n) is 2.35. The van der Waals surface area contributed by atoms with E-state index in [0.29, 0.717) is 6.04 Å². The van der Waals surface area contributed by atoms with E-state index in [-0.39, 0.29) is 0 Å². The molecule has 0 aliphatic rings. The van der Waals surface area contributed by atoms with E-state index >= 15 is 0 Å². The molecule has 0 aliphatic heterocycles. The number of hydrogen-bond donors (Lipinski definition) is 1. The zero-order chi connectivity index (χ0) is 13.0. The number of nitrogens with one attached hydrogen (secondary N) is 1. The summed E-state index contributed by atoms with van der Waals surface area (Å²) in [5, 5.41) is 3.43. The lowest BCUT2D eigenvalue weighted by atomic mass is 9.94. The number of benzene rings is 2. The average molecular weight is 239 g/mol. The lowest BCUT2D eigenvalue weighted by Crippen LogP contribution is -2.20. The van der Waals surface area contributed by atoms with Crippen LogP contribution in [0.5, 0.6) is 0 Å². The summed E-state index contributed by atoms with van der Waals surface area (Å²) in [6.07, 6.45) is 1.03. The molecular weight excluding hydrogens is 218 g/mol. The molecule has 1 atom stereocenters. The molecule has 0 spiro atoms. The first kappa shape index (κ1) is 12.8. The molecule has 0 radical (unpaired) electrons. The third-order valence-electron chi connectivity index (χ3n) is 3.44. The standard InChI is InChI=1S/C17H21N/c1-13-9-10-14(2)16(11-13)17(18-3)12-15-7-5-4-6-8-15/h4-11,17-18H,12H2,1-3H3. The molecule has 0 aliphatic carbocycles. The number of rotatable bonds is 4. The highest BCUT2D eigenvalue weighted by Crippen LogP contribution is 2.22. The van der Waals surface area contributed by atoms with Crippen LogP contribution >= 0.6 is 0 Å². The summed E-state index contributed by atoms with van der Waals surface area (Å²) >= 11 is 0. The molecule has 94 valence electrons. The zero-order valence-electron chi connectivity index (χ0n) is 11.4. The van der Waals surface area contributed by atoms with Gasteiger partial charge in [-0.15, -0.1) is 0 Å². The Labute approximate surface area is 110 Å². The van der Waals surface area contributed by atoms with Crippen molar-refractivity contribution in [2.45, 2.75) is 26.3 Å². The fourth-order valence-corrected chi connectivity index (χ4v) is 2.35. The van der Waals surface area contributed by atoms with Gasteiger partial charge in [-0.05, 0) is 44.0 Å². The minimum atomic E-state index is 0.382. The first-order valence-corrected chi connectivity index (χ1v) is 6.49. The topological polar surface area (TPSA) is 12.0 Å². The largest absolute Gasteiger partial charge is 0.313 e. The average Bonchev–Trinajstić information content (AvgIpc) is 2.40. The van der Waals surface area contributed by atoms with E-state index in [1.54, 1.807) is 0 Å². The molecule has 1 unspecified atom stereocenters. The molecule has 1 N–H and O–H groups in total. The highest BCUT2D eigenvalue weighted by atomic mass is 14.9. The van der Waals surface area contributed by atoms with E-state index < -0.39 is 0 Å². The van der Waals surface area contributed by atoms with Crippen molar-refractivity contribution in [3.8, 4) is 0 Å². The monoisotopic (exact) mass is 239 g/mol. The summed E-state index contributed by atoms with van der Waals surface area (Å²) in [5.74, 6) is 0. The Hall–Kier alpha value is -1.60. The molecule has 0 saturated carbocycles. The van der Waals surface area contributed by atoms with Crippen LogP contribution in [0.1, 0.15) is 28.3 Å². The smallest absolute Gasteiger partial charge is 0.0361 e. The SMILES string of the molecule is CNC(Cc1ccccc1)c1cc(C)ccc1C. The van der Waals surface area contributed by atoms with E-state index in [4.69, 9.17) is 0 Å². The Kier molecular flexibility index (Phi) is 4.16. The first-order valence-electron chi connectivity index (χ1n) is 6.49. The van der Waals surface area contributed by atoms with Crippen molar-refractivity contribution in [2.24, 2.45) is 0 Å². The quantitative estimate of drug-likeness (QED) is 0.855. The molecule has 0 bridgehead atoms. The number of hydrogen-bond acceptors (Lipinski definition) is 1. The van der Waals surface area contributed by atoms with Gasteiger partial charge in [-0.3, -0.25) is 0 Å². The van der Waals surface area contributed by atoms with Crippen LogP contribution in [-0.2, 0) is 6.42 Å². The maximum absolute atomic E-state index is 3.43. The van der Waals surface area contributed by atoms with Crippen LogP contribution in [0.25, 0.3) is 0 Å². The van der Waals surface area contributed by atoms with Crippen molar-refractivity contribution >= 4 is 0 Å². The molecule has 0 amide bonds. The Bertz CT molecular complexity index is 502. The van der Waals surface area contributed by atoms with Crippen molar-refractivity contribution in [1.29, 1.82) is 0 Å². The summed E-state index contributed by atoms with van der Waals surface area (Å²) < 4.78 is 0. The Morgan fingerprint density at radius 2 is 1.72 bits per heavy atom. The second-order valence-electron chi connectivity index (χ2n) is 4.89. The molecule has 18 heavy (non-hydrogen) atoms. The van der Waals surface area contributed by atoms with Crippen molar-refractivity contribution < 1.29 is 0 Å². The molecular formula is C17H21N. The summed E-state index contributed by atoms with van der Waals surface area (Å²) in [4.78, 5) is 0. The van der Waals surface area contributed by atoms with Gasteiger partial charge in [0.05, 0.1) is 0 Å². The van der Waals surface area contributed by atoms with Gasteiger partial charge in [-0.25, -0.2) is 0 Å². The summed E-state index contributed by atoms with van der Waals surface area (Å²) in [5.41, 5.74) is 5.46. The van der Waals surface area contributed by atoms with Gasteiger partial charge in [0.15, 0.2) is 0 Å². The molecule has 0 fully saturated rings. The molecule has 1 heteroatoms. The zero-order valence-corrected chi connectivity index (χ0v) is 11.4. The Morgan fingerprint density at radius 1 is 1.00 bits per heavy atom. The minimum absolute atomic E-state index is 0.382. The van der Waals surface area contributed by atoms with Crippen molar-refractivity contribution in [3.05, 3.63) is 70.8 Å². The molecule has 1 nitrogen and oxygen atoms in total. The summed E-state index contributed by atoms with van der Waals surface area (Å²) in [7, 11) is 2.04. The van der Waals surface area contributed by atoms with Crippen molar-refractivity contribution in [3.63, 3.8) is 0 Å². The third-order valence-corrected chi connectivity index (χ3v) is 3.44. The summed E-state index contributed by atoms with van der Waals surface area (Å²) in [6, 6.07) is 17.7. The van der Waals surface area contributed by atoms with Gasteiger partial charge in [0.1, 0.15) is 0 Å². The van der Waals surface area contributed by atoms with E-state index in [2.05, 4.69) is 67.7 Å². The van der Waals surface area contributed by atoms with Crippen LogP contribution in [0.15, 0.2) is 48.5 Å². The van der Waals surface area contributed by atoms with Gasteiger partial charge in [0, 0.05) is 6.04 Å². The lowest BCUT2D eigenvalue weighted by molar-refractivity contribution is 0.588. The highest BCUT2D eigenvalue weighted by molar-refractivity contribution is 5.34. The highest BCUT2D eigenvalue weighted by Gasteiger charge is 2.12. The van der Waals surface area contributed by atoms with Gasteiger partial charge in [0.25, 0.3) is 0 Å². The van der Waals surface area contributed by atoms with Crippen molar-refractivity contribution in [2.75, 3.05) is 7.05 Å². The van der Waals surface area contributed by atoms with Crippen LogP contribution < -0.4 is 5.32 Å². The maximum atomic E-state index is 3.43. The Balaban J connectivity index is 2.26. The molecule has 2 rings (SSSR count). The van der Waals surface area contributed by atoms with Crippen LogP contribution in [0, 0.1) is 13.8 Å². The van der Waals surface area contributed by atoms with E-state index in [9.17, 15) is 0 Å². The lowest BCUT2D eigenvalue weighted by Gasteiger charge is -2.19. The molecule has 0 saturated heterocycles. The fraction of sp³-hybridized carbons (Fsp3) is 0.294. The number of aryl methyl sites for hydroxylation is 2. The van der Waals surface area contributed by atoms with Gasteiger partial charge >= 0.3 is 0 Å². The van der Waals surface area contributed by atoms with E-state index in [1.165, 1.54) is 22.3 Å². The van der Waals surface area contributed by atoms with E-state index in [0.717, 1.165) is 6.42 Å². The van der Waals surface area contributed by atoms with Crippen molar-refractivity contribution in [1.82, 2.24) is 5.32 Å². The first-order chi connectivity index (χ1) is 8.70. The van der Waals surface area contributed by atoms with Crippen LogP contribution in [0.4, 0.5) is 0 Å². The van der Waals surface area contributed by atoms with Crippen LogP contribution in [0.2, 0.25) is 0 Å². The van der Waals surface area contributed by atoms with E-state index in [1.807, 2.05) is 7.05 Å². The number of likely N-dealkylation sites (N-methyl/N-ethyl adjacent to an activating group) is 1. The van der Waals surface area contributed by atoms with Gasteiger partial charge in [-0.2, -0.15) is 0 Å². The predicted molar refractivity (Wildman–Crippen MR) is 77.9 cm³/mol. The Morgan fingerprint density at radius 3 is 2.39 bits per heavy atom. The molecule has 2 aromatic rings. The van der Waals surface area contributed by atoms with Gasteiger partial charge in [0.2, 0.25) is 0 Å². The van der Waals surface area contributed by atoms with Gasteiger partial charge < -0.3 is 5.32 Å². The second kappa shape index (κ2) is 5.83. The third kappa shape index (κ3) is 2.99. The normalized spacial score (nSPS) is 12.4.